The molecule has 0 aliphatic heterocycles. The molecule has 0 aliphatic carbocycles. The zero-order chi connectivity index (χ0) is 12.3. The minimum atomic E-state index is -0.0486. The van der Waals surface area contributed by atoms with Crippen molar-refractivity contribution in [2.75, 3.05) is 18.4 Å². The Labute approximate surface area is 99.0 Å². The average molecular weight is 233 g/mol. The molecule has 0 bridgehead atoms. The van der Waals surface area contributed by atoms with Gasteiger partial charge in [-0.3, -0.25) is 4.79 Å². The Morgan fingerprint density at radius 3 is 3.12 bits per heavy atom. The fraction of sp³-hybridized carbons (Fsp3) is 0.364. The molecule has 1 amide bonds. The number of hydrogen-bond acceptors (Lipinski definition) is 4. The van der Waals surface area contributed by atoms with Gasteiger partial charge in [-0.1, -0.05) is 0 Å². The maximum Gasteiger partial charge on any atom is 0.239 e. The topological polar surface area (TPSA) is 71.3 Å². The molecule has 0 fully saturated rings. The number of rotatable bonds is 4. The van der Waals surface area contributed by atoms with E-state index >= 15 is 0 Å². The van der Waals surface area contributed by atoms with Crippen molar-refractivity contribution in [1.29, 1.82) is 0 Å². The first-order chi connectivity index (χ1) is 8.20. The van der Waals surface area contributed by atoms with Crippen molar-refractivity contribution in [2.24, 2.45) is 0 Å². The van der Waals surface area contributed by atoms with E-state index in [0.717, 1.165) is 11.2 Å². The van der Waals surface area contributed by atoms with Crippen LogP contribution >= 0.6 is 0 Å². The van der Waals surface area contributed by atoms with Crippen molar-refractivity contribution in [3.63, 3.8) is 0 Å². The molecule has 0 spiro atoms. The number of anilines is 1. The number of nitrogens with one attached hydrogen (secondary N) is 2. The van der Waals surface area contributed by atoms with E-state index in [0.29, 0.717) is 12.4 Å². The summed E-state index contributed by atoms with van der Waals surface area (Å²) in [6.07, 6.45) is 3.43. The largest absolute Gasteiger partial charge is 0.359 e. The molecule has 2 aromatic heterocycles. The first kappa shape index (κ1) is 11.4. The number of aryl methyl sites for hydroxylation is 1. The van der Waals surface area contributed by atoms with Gasteiger partial charge in [0.1, 0.15) is 5.52 Å². The van der Waals surface area contributed by atoms with E-state index in [1.165, 1.54) is 0 Å². The first-order valence-corrected chi connectivity index (χ1v) is 5.52. The second-order valence-electron chi connectivity index (χ2n) is 3.70. The molecule has 2 N–H and O–H groups in total. The van der Waals surface area contributed by atoms with Gasteiger partial charge in [-0.25, -0.2) is 9.50 Å². The Balaban J connectivity index is 2.15. The van der Waals surface area contributed by atoms with E-state index in [1.54, 1.807) is 16.9 Å². The minimum Gasteiger partial charge on any atom is -0.359 e. The normalized spacial score (nSPS) is 10.5. The van der Waals surface area contributed by atoms with Crippen LogP contribution in [-0.2, 0) is 4.79 Å². The lowest BCUT2D eigenvalue weighted by atomic mass is 10.4. The van der Waals surface area contributed by atoms with Gasteiger partial charge < -0.3 is 10.6 Å². The number of fused-ring (bicyclic) bond motifs is 1. The maximum atomic E-state index is 11.3. The molecule has 6 nitrogen and oxygen atoms in total. The highest BCUT2D eigenvalue weighted by Gasteiger charge is 2.06. The third kappa shape index (κ3) is 2.52. The third-order valence-electron chi connectivity index (χ3n) is 2.30. The molecule has 90 valence electrons. The van der Waals surface area contributed by atoms with Gasteiger partial charge in [-0.05, 0) is 19.9 Å². The zero-order valence-corrected chi connectivity index (χ0v) is 9.90. The minimum absolute atomic E-state index is 0.0486. The standard InChI is InChI=1S/C11H15N5O/c1-3-12-10(17)7-14-11-9-6-8(2)15-16(9)5-4-13-11/h4-6H,3,7H2,1-2H3,(H,12,17)(H,13,14). The van der Waals surface area contributed by atoms with Crippen molar-refractivity contribution in [2.45, 2.75) is 13.8 Å². The van der Waals surface area contributed by atoms with Crippen LogP contribution in [0.5, 0.6) is 0 Å². The van der Waals surface area contributed by atoms with Crippen molar-refractivity contribution in [3.8, 4) is 0 Å². The van der Waals surface area contributed by atoms with Crippen molar-refractivity contribution in [3.05, 3.63) is 24.2 Å². The molecule has 0 unspecified atom stereocenters. The average Bonchev–Trinajstić information content (AvgIpc) is 2.67. The van der Waals surface area contributed by atoms with Crippen LogP contribution in [-0.4, -0.2) is 33.6 Å². The van der Waals surface area contributed by atoms with E-state index < -0.39 is 0 Å². The van der Waals surface area contributed by atoms with Crippen LogP contribution in [0.4, 0.5) is 5.82 Å². The van der Waals surface area contributed by atoms with Crippen LogP contribution in [0.25, 0.3) is 5.52 Å². The molecule has 2 heterocycles. The first-order valence-electron chi connectivity index (χ1n) is 5.52. The van der Waals surface area contributed by atoms with Gasteiger partial charge >= 0.3 is 0 Å². The van der Waals surface area contributed by atoms with E-state index in [1.807, 2.05) is 19.9 Å². The molecule has 0 aromatic carbocycles. The van der Waals surface area contributed by atoms with Gasteiger partial charge in [-0.2, -0.15) is 5.10 Å². The van der Waals surface area contributed by atoms with E-state index in [4.69, 9.17) is 0 Å². The third-order valence-corrected chi connectivity index (χ3v) is 2.30. The number of aromatic nitrogens is 3. The second kappa shape index (κ2) is 4.82. The lowest BCUT2D eigenvalue weighted by Crippen LogP contribution is -2.29. The van der Waals surface area contributed by atoms with Gasteiger partial charge in [0.15, 0.2) is 5.82 Å². The molecular weight excluding hydrogens is 218 g/mol. The van der Waals surface area contributed by atoms with Crippen LogP contribution in [0.1, 0.15) is 12.6 Å². The van der Waals surface area contributed by atoms with Gasteiger partial charge in [0.25, 0.3) is 0 Å². The van der Waals surface area contributed by atoms with Crippen molar-refractivity contribution >= 4 is 17.2 Å². The lowest BCUT2D eigenvalue weighted by Gasteiger charge is -2.06. The Morgan fingerprint density at radius 1 is 1.53 bits per heavy atom. The van der Waals surface area contributed by atoms with Gasteiger partial charge in [0, 0.05) is 18.9 Å². The van der Waals surface area contributed by atoms with Gasteiger partial charge in [0.05, 0.1) is 12.2 Å². The molecule has 0 radical (unpaired) electrons. The Bertz CT molecular complexity index is 534. The molecule has 0 aliphatic rings. The molecule has 17 heavy (non-hydrogen) atoms. The predicted octanol–water partition coefficient (Wildman–Crippen LogP) is 0.586. The number of hydrogen-bond donors (Lipinski definition) is 2. The van der Waals surface area contributed by atoms with Gasteiger partial charge in [0.2, 0.25) is 5.91 Å². The molecule has 6 heteroatoms. The Kier molecular flexibility index (Phi) is 3.22. The summed E-state index contributed by atoms with van der Waals surface area (Å²) in [7, 11) is 0. The number of likely N-dealkylation sites (N-methyl/N-ethyl adjacent to an activating group) is 1. The number of nitrogens with zero attached hydrogens (tertiary/aromatic N) is 3. The molecular formula is C11H15N5O. The molecule has 0 saturated carbocycles. The second-order valence-corrected chi connectivity index (χ2v) is 3.70. The maximum absolute atomic E-state index is 11.3. The summed E-state index contributed by atoms with van der Waals surface area (Å²) in [5.74, 6) is 0.617. The molecule has 2 rings (SSSR count). The lowest BCUT2D eigenvalue weighted by molar-refractivity contribution is -0.119. The highest BCUT2D eigenvalue weighted by Crippen LogP contribution is 2.13. The molecule has 0 atom stereocenters. The van der Waals surface area contributed by atoms with Crippen molar-refractivity contribution < 1.29 is 4.79 Å². The van der Waals surface area contributed by atoms with Crippen LogP contribution in [0, 0.1) is 6.92 Å². The summed E-state index contributed by atoms with van der Waals surface area (Å²) in [5.41, 5.74) is 1.79. The van der Waals surface area contributed by atoms with Crippen LogP contribution in [0.2, 0.25) is 0 Å². The molecule has 2 aromatic rings. The molecule has 0 saturated heterocycles. The van der Waals surface area contributed by atoms with Gasteiger partial charge in [-0.15, -0.1) is 0 Å². The summed E-state index contributed by atoms with van der Waals surface area (Å²) in [4.78, 5) is 15.5. The van der Waals surface area contributed by atoms with E-state index in [-0.39, 0.29) is 12.5 Å². The zero-order valence-electron chi connectivity index (χ0n) is 9.90. The highest BCUT2D eigenvalue weighted by atomic mass is 16.1. The summed E-state index contributed by atoms with van der Waals surface area (Å²) in [6.45, 7) is 4.65. The van der Waals surface area contributed by atoms with Crippen LogP contribution in [0.3, 0.4) is 0 Å². The summed E-state index contributed by atoms with van der Waals surface area (Å²) in [6, 6.07) is 1.92. The smallest absolute Gasteiger partial charge is 0.239 e. The number of carbonyl (C=O) groups excluding carboxylic acids is 1. The highest BCUT2D eigenvalue weighted by molar-refractivity contribution is 5.82. The fourth-order valence-corrected chi connectivity index (χ4v) is 1.60. The predicted molar refractivity (Wildman–Crippen MR) is 64.9 cm³/mol. The Morgan fingerprint density at radius 2 is 2.35 bits per heavy atom. The van der Waals surface area contributed by atoms with E-state index in [9.17, 15) is 4.79 Å². The quantitative estimate of drug-likeness (QED) is 0.810. The summed E-state index contributed by atoms with van der Waals surface area (Å²) in [5, 5.41) is 9.99. The monoisotopic (exact) mass is 233 g/mol. The fourth-order valence-electron chi connectivity index (χ4n) is 1.60. The van der Waals surface area contributed by atoms with E-state index in [2.05, 4.69) is 20.7 Å². The van der Waals surface area contributed by atoms with Crippen LogP contribution < -0.4 is 10.6 Å². The summed E-state index contributed by atoms with van der Waals surface area (Å²) < 4.78 is 1.74. The SMILES string of the molecule is CCNC(=O)CNc1nccn2nc(C)cc12. The number of amides is 1. The van der Waals surface area contributed by atoms with Crippen LogP contribution in [0.15, 0.2) is 18.5 Å². The summed E-state index contributed by atoms with van der Waals surface area (Å²) >= 11 is 0. The Hall–Kier alpha value is -2.11. The number of carbonyl (C=O) groups is 1. The van der Waals surface area contributed by atoms with Crippen molar-refractivity contribution in [1.82, 2.24) is 19.9 Å².